The van der Waals surface area contributed by atoms with Crippen molar-refractivity contribution in [3.05, 3.63) is 98.9 Å². The van der Waals surface area contributed by atoms with E-state index < -0.39 is 6.04 Å². The summed E-state index contributed by atoms with van der Waals surface area (Å²) >= 11 is 18.9. The SMILES string of the molecule is Nc1n[nH]c2cc(-c3nc(C(Cc4ccccc4)NC(=O)NCc4cc(Cl)ccc4Cl)[nH]c3Cl)ccc12. The lowest BCUT2D eigenvalue weighted by molar-refractivity contribution is 0.236. The van der Waals surface area contributed by atoms with Gasteiger partial charge in [0, 0.05) is 27.5 Å². The zero-order chi connectivity index (χ0) is 25.9. The van der Waals surface area contributed by atoms with Crippen LogP contribution in [0.4, 0.5) is 10.6 Å². The molecule has 2 amide bonds. The van der Waals surface area contributed by atoms with Crippen LogP contribution in [-0.2, 0) is 13.0 Å². The summed E-state index contributed by atoms with van der Waals surface area (Å²) < 4.78 is 0. The summed E-state index contributed by atoms with van der Waals surface area (Å²) in [4.78, 5) is 20.8. The lowest BCUT2D eigenvalue weighted by Crippen LogP contribution is -2.38. The van der Waals surface area contributed by atoms with Crippen molar-refractivity contribution >= 4 is 57.6 Å². The molecule has 0 fully saturated rings. The molecule has 37 heavy (non-hydrogen) atoms. The van der Waals surface area contributed by atoms with Crippen LogP contribution in [0.5, 0.6) is 0 Å². The highest BCUT2D eigenvalue weighted by Gasteiger charge is 2.22. The second kappa shape index (κ2) is 10.7. The van der Waals surface area contributed by atoms with Gasteiger partial charge in [-0.3, -0.25) is 5.10 Å². The lowest BCUT2D eigenvalue weighted by Gasteiger charge is -2.18. The number of urea groups is 1. The number of hydrogen-bond donors (Lipinski definition) is 5. The number of nitrogens with two attached hydrogens (primary N) is 1. The molecule has 5 aromatic rings. The smallest absolute Gasteiger partial charge is 0.315 e. The molecule has 0 aliphatic carbocycles. The number of carbonyl (C=O) groups excluding carboxylic acids is 1. The molecule has 8 nitrogen and oxygen atoms in total. The van der Waals surface area contributed by atoms with Crippen LogP contribution in [0.15, 0.2) is 66.7 Å². The van der Waals surface area contributed by atoms with E-state index in [1.807, 2.05) is 48.5 Å². The fraction of sp³-hybridized carbons (Fsp3) is 0.115. The Hall–Kier alpha value is -3.72. The Labute approximate surface area is 227 Å². The van der Waals surface area contributed by atoms with Crippen LogP contribution in [0.2, 0.25) is 15.2 Å². The zero-order valence-corrected chi connectivity index (χ0v) is 21.6. The van der Waals surface area contributed by atoms with Crippen LogP contribution in [0.25, 0.3) is 22.2 Å². The third-order valence-corrected chi connectivity index (χ3v) is 6.79. The van der Waals surface area contributed by atoms with Crippen molar-refractivity contribution in [2.45, 2.75) is 19.0 Å². The molecule has 0 bridgehead atoms. The summed E-state index contributed by atoms with van der Waals surface area (Å²) in [7, 11) is 0. The predicted octanol–water partition coefficient (Wildman–Crippen LogP) is 6.28. The number of fused-ring (bicyclic) bond motifs is 1. The first kappa shape index (κ1) is 25.0. The molecule has 1 unspecified atom stereocenters. The molecule has 2 heterocycles. The van der Waals surface area contributed by atoms with Crippen LogP contribution in [0.3, 0.4) is 0 Å². The van der Waals surface area contributed by atoms with Gasteiger partial charge in [-0.15, -0.1) is 0 Å². The van der Waals surface area contributed by atoms with Gasteiger partial charge in [0.1, 0.15) is 16.7 Å². The molecule has 0 spiro atoms. The molecule has 1 atom stereocenters. The Bertz CT molecular complexity index is 1570. The van der Waals surface area contributed by atoms with E-state index in [2.05, 4.69) is 25.8 Å². The molecule has 11 heteroatoms. The number of hydrogen-bond acceptors (Lipinski definition) is 4. The van der Waals surface area contributed by atoms with Gasteiger partial charge in [0.15, 0.2) is 5.82 Å². The minimum Gasteiger partial charge on any atom is -0.382 e. The molecular weight excluding hydrogens is 533 g/mol. The van der Waals surface area contributed by atoms with Crippen molar-refractivity contribution in [2.75, 3.05) is 5.73 Å². The van der Waals surface area contributed by atoms with E-state index >= 15 is 0 Å². The highest BCUT2D eigenvalue weighted by molar-refractivity contribution is 6.33. The molecule has 5 rings (SSSR count). The summed E-state index contributed by atoms with van der Waals surface area (Å²) in [6, 6.07) is 19.6. The Balaban J connectivity index is 1.39. The highest BCUT2D eigenvalue weighted by atomic mass is 35.5. The first-order chi connectivity index (χ1) is 17.9. The molecule has 3 aromatic carbocycles. The molecule has 2 aromatic heterocycles. The molecule has 0 aliphatic rings. The lowest BCUT2D eigenvalue weighted by atomic mass is 10.1. The number of rotatable bonds is 7. The number of carbonyl (C=O) groups is 1. The molecular formula is C26H22Cl3N7O. The average Bonchev–Trinajstić information content (AvgIpc) is 3.47. The number of nitrogen functional groups attached to an aromatic ring is 1. The number of benzene rings is 3. The van der Waals surface area contributed by atoms with Gasteiger partial charge in [-0.25, -0.2) is 9.78 Å². The highest BCUT2D eigenvalue weighted by Crippen LogP contribution is 2.31. The Morgan fingerprint density at radius 2 is 1.84 bits per heavy atom. The summed E-state index contributed by atoms with van der Waals surface area (Å²) in [6.07, 6.45) is 0.492. The van der Waals surface area contributed by atoms with Gasteiger partial charge in [-0.2, -0.15) is 5.10 Å². The number of aromatic amines is 2. The minimum atomic E-state index is -0.491. The minimum absolute atomic E-state index is 0.209. The maximum absolute atomic E-state index is 12.9. The normalized spacial score (nSPS) is 12.0. The first-order valence-electron chi connectivity index (χ1n) is 11.4. The van der Waals surface area contributed by atoms with Crippen molar-refractivity contribution < 1.29 is 4.79 Å². The maximum Gasteiger partial charge on any atom is 0.315 e. The number of aromatic nitrogens is 4. The second-order valence-corrected chi connectivity index (χ2v) is 9.68. The second-order valence-electron chi connectivity index (χ2n) is 8.46. The average molecular weight is 555 g/mol. The molecule has 0 saturated carbocycles. The van der Waals surface area contributed by atoms with Gasteiger partial charge in [-0.05, 0) is 47.9 Å². The summed E-state index contributed by atoms with van der Waals surface area (Å²) in [6.45, 7) is 0.209. The third-order valence-electron chi connectivity index (χ3n) is 5.91. The quantitative estimate of drug-likeness (QED) is 0.162. The van der Waals surface area contributed by atoms with E-state index in [1.54, 1.807) is 18.2 Å². The largest absolute Gasteiger partial charge is 0.382 e. The van der Waals surface area contributed by atoms with Gasteiger partial charge in [0.2, 0.25) is 0 Å². The molecule has 0 aliphatic heterocycles. The number of imidazole rings is 1. The number of nitrogens with zero attached hydrogens (tertiary/aromatic N) is 2. The molecule has 188 valence electrons. The Morgan fingerprint density at radius 1 is 1.03 bits per heavy atom. The number of anilines is 1. The van der Waals surface area contributed by atoms with E-state index in [9.17, 15) is 4.79 Å². The fourth-order valence-corrected chi connectivity index (χ4v) is 4.67. The van der Waals surface area contributed by atoms with Crippen LogP contribution < -0.4 is 16.4 Å². The van der Waals surface area contributed by atoms with E-state index in [1.165, 1.54) is 0 Å². The molecule has 0 radical (unpaired) electrons. The van der Waals surface area contributed by atoms with E-state index in [4.69, 9.17) is 45.5 Å². The standard InChI is InChI=1S/C26H22Cl3N7O/c27-17-7-9-19(28)16(11-17)13-31-26(37)32-21(10-14-4-2-1-3-5-14)25-33-22(23(29)34-25)15-6-8-18-20(12-15)35-36-24(18)30/h1-9,11-12,21H,10,13H2,(H,33,34)(H3,30,35,36)(H2,31,32,37). The molecule has 0 saturated heterocycles. The van der Waals surface area contributed by atoms with Crippen molar-refractivity contribution in [1.29, 1.82) is 0 Å². The van der Waals surface area contributed by atoms with Gasteiger partial charge in [0.05, 0.1) is 11.6 Å². The Kier molecular flexibility index (Phi) is 7.23. The van der Waals surface area contributed by atoms with Crippen molar-refractivity contribution in [2.24, 2.45) is 0 Å². The number of amides is 2. The topological polar surface area (TPSA) is 125 Å². The van der Waals surface area contributed by atoms with Crippen molar-refractivity contribution in [1.82, 2.24) is 30.8 Å². The Morgan fingerprint density at radius 3 is 2.65 bits per heavy atom. The third kappa shape index (κ3) is 5.67. The van der Waals surface area contributed by atoms with Gasteiger partial charge < -0.3 is 21.4 Å². The first-order valence-corrected chi connectivity index (χ1v) is 12.5. The maximum atomic E-state index is 12.9. The number of halogens is 3. The van der Waals surface area contributed by atoms with Gasteiger partial charge >= 0.3 is 6.03 Å². The van der Waals surface area contributed by atoms with Crippen molar-refractivity contribution in [3.63, 3.8) is 0 Å². The fourth-order valence-electron chi connectivity index (χ4n) is 4.04. The summed E-state index contributed by atoms with van der Waals surface area (Å²) in [5.41, 5.74) is 9.72. The van der Waals surface area contributed by atoms with Crippen LogP contribution in [0.1, 0.15) is 23.0 Å². The van der Waals surface area contributed by atoms with E-state index in [0.717, 1.165) is 22.0 Å². The van der Waals surface area contributed by atoms with E-state index in [0.29, 0.717) is 44.5 Å². The number of nitrogens with one attached hydrogen (secondary N) is 4. The van der Waals surface area contributed by atoms with Gasteiger partial charge in [-0.1, -0.05) is 71.2 Å². The summed E-state index contributed by atoms with van der Waals surface area (Å²) in [5.74, 6) is 0.941. The predicted molar refractivity (Wildman–Crippen MR) is 148 cm³/mol. The summed E-state index contributed by atoms with van der Waals surface area (Å²) in [5, 5.41) is 15.0. The van der Waals surface area contributed by atoms with Crippen LogP contribution in [0, 0.1) is 0 Å². The number of H-pyrrole nitrogens is 2. The zero-order valence-electron chi connectivity index (χ0n) is 19.4. The van der Waals surface area contributed by atoms with Crippen molar-refractivity contribution in [3.8, 4) is 11.3 Å². The van der Waals surface area contributed by atoms with Crippen LogP contribution in [-0.4, -0.2) is 26.2 Å². The van der Waals surface area contributed by atoms with E-state index in [-0.39, 0.29) is 12.6 Å². The molecule has 6 N–H and O–H groups in total. The monoisotopic (exact) mass is 553 g/mol. The van der Waals surface area contributed by atoms with Gasteiger partial charge in [0.25, 0.3) is 0 Å². The van der Waals surface area contributed by atoms with Crippen LogP contribution >= 0.6 is 34.8 Å².